The highest BCUT2D eigenvalue weighted by Gasteiger charge is 2.20. The Bertz CT molecular complexity index is 1030. The lowest BCUT2D eigenvalue weighted by Gasteiger charge is -2.10. The molecule has 0 saturated carbocycles. The van der Waals surface area contributed by atoms with Crippen molar-refractivity contribution in [3.63, 3.8) is 0 Å². The number of imide groups is 1. The second-order valence-electron chi connectivity index (χ2n) is 5.59. The normalized spacial score (nSPS) is 10.7. The Hall–Kier alpha value is -3.44. The number of esters is 1. The van der Waals surface area contributed by atoms with Crippen molar-refractivity contribution in [1.29, 1.82) is 0 Å². The van der Waals surface area contributed by atoms with Crippen LogP contribution in [-0.4, -0.2) is 47.0 Å². The maximum absolute atomic E-state index is 12.2. The minimum Gasteiger partial charge on any atom is -0.497 e. The van der Waals surface area contributed by atoms with Crippen LogP contribution < -0.4 is 19.9 Å². The molecule has 0 radical (unpaired) electrons. The summed E-state index contributed by atoms with van der Waals surface area (Å²) in [6.07, 6.45) is 0. The zero-order valence-corrected chi connectivity index (χ0v) is 16.3. The molecule has 10 nitrogen and oxygen atoms in total. The number of carbonyl (C=O) groups is 3. The van der Waals surface area contributed by atoms with Crippen LogP contribution in [0.4, 0.5) is 0 Å². The quantitative estimate of drug-likeness (QED) is 0.611. The average Bonchev–Trinajstić information content (AvgIpc) is 2.70. The fourth-order valence-electron chi connectivity index (χ4n) is 2.21. The van der Waals surface area contributed by atoms with Gasteiger partial charge in [0.25, 0.3) is 11.8 Å². The molecule has 0 saturated heterocycles. The zero-order chi connectivity index (χ0) is 21.6. The molecule has 3 N–H and O–H groups in total. The fourth-order valence-corrected chi connectivity index (χ4v) is 2.75. The van der Waals surface area contributed by atoms with Crippen LogP contribution in [0.25, 0.3) is 0 Å². The number of nitrogens with two attached hydrogens (primary N) is 1. The Morgan fingerprint density at radius 2 is 1.66 bits per heavy atom. The van der Waals surface area contributed by atoms with E-state index in [4.69, 9.17) is 19.3 Å². The maximum atomic E-state index is 12.2. The second kappa shape index (κ2) is 9.17. The van der Waals surface area contributed by atoms with Gasteiger partial charge in [0.2, 0.25) is 10.0 Å². The molecule has 0 unspecified atom stereocenters. The van der Waals surface area contributed by atoms with E-state index in [0.717, 1.165) is 12.1 Å². The standard InChI is InChI=1S/C18H18N2O8S/c1-26-12-5-3-11(4-6-12)17(22)20-16(21)10-28-18(23)14-9-13(29(19,24)25)7-8-15(14)27-2/h3-9H,10H2,1-2H3,(H2,19,24,25)(H,20,21,22). The lowest BCUT2D eigenvalue weighted by Crippen LogP contribution is -2.34. The summed E-state index contributed by atoms with van der Waals surface area (Å²) in [7, 11) is -1.32. The first kappa shape index (κ1) is 21.9. The summed E-state index contributed by atoms with van der Waals surface area (Å²) in [4.78, 5) is 35.8. The predicted molar refractivity (Wildman–Crippen MR) is 100 cm³/mol. The highest BCUT2D eigenvalue weighted by molar-refractivity contribution is 7.89. The van der Waals surface area contributed by atoms with E-state index in [0.29, 0.717) is 5.75 Å². The first-order valence-electron chi connectivity index (χ1n) is 8.02. The van der Waals surface area contributed by atoms with Gasteiger partial charge in [-0.05, 0) is 42.5 Å². The molecule has 0 fully saturated rings. The van der Waals surface area contributed by atoms with Gasteiger partial charge in [0, 0.05) is 5.56 Å². The van der Waals surface area contributed by atoms with Crippen molar-refractivity contribution in [2.75, 3.05) is 20.8 Å². The van der Waals surface area contributed by atoms with Crippen molar-refractivity contribution in [1.82, 2.24) is 5.32 Å². The molecule has 29 heavy (non-hydrogen) atoms. The summed E-state index contributed by atoms with van der Waals surface area (Å²) < 4.78 is 37.7. The minimum atomic E-state index is -4.06. The van der Waals surface area contributed by atoms with Gasteiger partial charge in [0.1, 0.15) is 17.1 Å². The van der Waals surface area contributed by atoms with E-state index in [-0.39, 0.29) is 21.8 Å². The molecule has 154 valence electrons. The van der Waals surface area contributed by atoms with Gasteiger partial charge in [-0.1, -0.05) is 0 Å². The summed E-state index contributed by atoms with van der Waals surface area (Å²) in [5, 5.41) is 7.10. The summed E-state index contributed by atoms with van der Waals surface area (Å²) in [6, 6.07) is 9.36. The Morgan fingerprint density at radius 3 is 2.21 bits per heavy atom. The number of methoxy groups -OCH3 is 2. The van der Waals surface area contributed by atoms with Crippen LogP contribution in [0.1, 0.15) is 20.7 Å². The van der Waals surface area contributed by atoms with Crippen LogP contribution in [-0.2, 0) is 19.6 Å². The van der Waals surface area contributed by atoms with Crippen LogP contribution in [0.5, 0.6) is 11.5 Å². The SMILES string of the molecule is COc1ccc(C(=O)NC(=O)COC(=O)c2cc(S(N)(=O)=O)ccc2OC)cc1. The Kier molecular flexibility index (Phi) is 6.91. The fraction of sp³-hybridized carbons (Fsp3) is 0.167. The van der Waals surface area contributed by atoms with Crippen LogP contribution in [0.3, 0.4) is 0 Å². The van der Waals surface area contributed by atoms with E-state index >= 15 is 0 Å². The van der Waals surface area contributed by atoms with E-state index < -0.39 is 34.4 Å². The Labute approximate surface area is 166 Å². The van der Waals surface area contributed by atoms with Crippen LogP contribution in [0.15, 0.2) is 47.4 Å². The van der Waals surface area contributed by atoms with Crippen LogP contribution in [0, 0.1) is 0 Å². The number of rotatable bonds is 7. The van der Waals surface area contributed by atoms with Crippen molar-refractivity contribution >= 4 is 27.8 Å². The minimum absolute atomic E-state index is 0.0251. The van der Waals surface area contributed by atoms with Crippen molar-refractivity contribution in [2.45, 2.75) is 4.90 Å². The van der Waals surface area contributed by atoms with Crippen LogP contribution >= 0.6 is 0 Å². The number of benzene rings is 2. The third-order valence-electron chi connectivity index (χ3n) is 3.66. The van der Waals surface area contributed by atoms with Crippen molar-refractivity contribution < 1.29 is 37.0 Å². The summed E-state index contributed by atoms with van der Waals surface area (Å²) in [6.45, 7) is -0.774. The molecule has 0 heterocycles. The van der Waals surface area contributed by atoms with E-state index in [2.05, 4.69) is 5.32 Å². The van der Waals surface area contributed by atoms with E-state index in [9.17, 15) is 22.8 Å². The third-order valence-corrected chi connectivity index (χ3v) is 4.57. The Balaban J connectivity index is 2.02. The number of hydrogen-bond acceptors (Lipinski definition) is 8. The zero-order valence-electron chi connectivity index (χ0n) is 15.5. The molecule has 2 aromatic carbocycles. The van der Waals surface area contributed by atoms with Gasteiger partial charge in [0.05, 0.1) is 19.1 Å². The molecular weight excluding hydrogens is 404 g/mol. The van der Waals surface area contributed by atoms with Gasteiger partial charge < -0.3 is 14.2 Å². The molecule has 2 rings (SSSR count). The lowest BCUT2D eigenvalue weighted by molar-refractivity contribution is -0.123. The molecule has 0 bridgehead atoms. The number of nitrogens with one attached hydrogen (secondary N) is 1. The number of carbonyl (C=O) groups excluding carboxylic acids is 3. The van der Waals surface area contributed by atoms with Crippen LogP contribution in [0.2, 0.25) is 0 Å². The topological polar surface area (TPSA) is 151 Å². The first-order valence-corrected chi connectivity index (χ1v) is 9.56. The molecule has 0 aliphatic heterocycles. The highest BCUT2D eigenvalue weighted by Crippen LogP contribution is 2.22. The molecule has 2 aromatic rings. The predicted octanol–water partition coefficient (Wildman–Crippen LogP) is 0.465. The molecular formula is C18H18N2O8S. The van der Waals surface area contributed by atoms with E-state index in [1.54, 1.807) is 12.1 Å². The van der Waals surface area contributed by atoms with Gasteiger partial charge in [-0.3, -0.25) is 14.9 Å². The van der Waals surface area contributed by atoms with Crippen molar-refractivity contribution in [3.8, 4) is 11.5 Å². The number of hydrogen-bond donors (Lipinski definition) is 2. The molecule has 0 aliphatic rings. The van der Waals surface area contributed by atoms with E-state index in [1.165, 1.54) is 32.4 Å². The van der Waals surface area contributed by atoms with Gasteiger partial charge in [-0.2, -0.15) is 0 Å². The average molecular weight is 422 g/mol. The molecule has 0 aromatic heterocycles. The summed E-state index contributed by atoms with van der Waals surface area (Å²) in [5.41, 5.74) is -0.0405. The van der Waals surface area contributed by atoms with Gasteiger partial charge in [0.15, 0.2) is 6.61 Å². The van der Waals surface area contributed by atoms with E-state index in [1.807, 2.05) is 0 Å². The molecule has 0 aliphatic carbocycles. The first-order chi connectivity index (χ1) is 13.7. The largest absolute Gasteiger partial charge is 0.497 e. The number of sulfonamides is 1. The second-order valence-corrected chi connectivity index (χ2v) is 7.15. The molecule has 0 spiro atoms. The monoisotopic (exact) mass is 422 g/mol. The number of amides is 2. The molecule has 2 amide bonds. The smallest absolute Gasteiger partial charge is 0.342 e. The highest BCUT2D eigenvalue weighted by atomic mass is 32.2. The summed E-state index contributed by atoms with van der Waals surface area (Å²) >= 11 is 0. The number of primary sulfonamides is 1. The molecule has 0 atom stereocenters. The van der Waals surface area contributed by atoms with Gasteiger partial charge >= 0.3 is 5.97 Å². The van der Waals surface area contributed by atoms with Crippen molar-refractivity contribution in [2.24, 2.45) is 5.14 Å². The van der Waals surface area contributed by atoms with Crippen molar-refractivity contribution in [3.05, 3.63) is 53.6 Å². The van der Waals surface area contributed by atoms with Gasteiger partial charge in [-0.15, -0.1) is 0 Å². The maximum Gasteiger partial charge on any atom is 0.342 e. The summed E-state index contributed by atoms with van der Waals surface area (Å²) in [5.74, 6) is -2.03. The third kappa shape index (κ3) is 5.77. The Morgan fingerprint density at radius 1 is 1.00 bits per heavy atom. The molecule has 11 heteroatoms. The number of ether oxygens (including phenoxy) is 3. The lowest BCUT2D eigenvalue weighted by atomic mass is 10.2. The van der Waals surface area contributed by atoms with Gasteiger partial charge in [-0.25, -0.2) is 18.4 Å².